The Bertz CT molecular complexity index is 869. The van der Waals surface area contributed by atoms with Crippen LogP contribution in [0.25, 0.3) is 0 Å². The molecular formula is C20H16ClNO4. The van der Waals surface area contributed by atoms with Crippen LogP contribution in [0.4, 0.5) is 0 Å². The maximum Gasteiger partial charge on any atom is 0.262 e. The summed E-state index contributed by atoms with van der Waals surface area (Å²) in [5.74, 6) is -1.47. The molecule has 1 heterocycles. The van der Waals surface area contributed by atoms with E-state index in [1.165, 1.54) is 6.92 Å². The van der Waals surface area contributed by atoms with Crippen molar-refractivity contribution < 1.29 is 19.2 Å². The lowest BCUT2D eigenvalue weighted by atomic mass is 10.0. The van der Waals surface area contributed by atoms with Gasteiger partial charge in [-0.15, -0.1) is 0 Å². The fourth-order valence-corrected chi connectivity index (χ4v) is 3.06. The molecule has 6 heteroatoms. The van der Waals surface area contributed by atoms with Crippen LogP contribution in [0.5, 0.6) is 0 Å². The van der Waals surface area contributed by atoms with Crippen LogP contribution in [0.1, 0.15) is 50.8 Å². The third-order valence-electron chi connectivity index (χ3n) is 4.44. The Balaban J connectivity index is 1.65. The standard InChI is InChI=1S/C20H16ClNO4/c1-12(22-19(25)15-4-2-3-5-16(15)20(22)26)17(23)10-11-18(24)13-6-8-14(21)9-7-13/h2-9,12H,10-11H2,1H3/t12-/m0/s1. The van der Waals surface area contributed by atoms with Gasteiger partial charge in [0.15, 0.2) is 11.6 Å². The molecular weight excluding hydrogens is 354 g/mol. The second-order valence-corrected chi connectivity index (χ2v) is 6.53. The zero-order chi connectivity index (χ0) is 18.8. The molecule has 2 amide bonds. The number of fused-ring (bicyclic) bond motifs is 1. The number of hydrogen-bond acceptors (Lipinski definition) is 4. The highest BCUT2D eigenvalue weighted by Crippen LogP contribution is 2.25. The molecule has 0 spiro atoms. The van der Waals surface area contributed by atoms with Crippen molar-refractivity contribution in [3.8, 4) is 0 Å². The van der Waals surface area contributed by atoms with Gasteiger partial charge in [-0.25, -0.2) is 0 Å². The maximum atomic E-state index is 12.4. The van der Waals surface area contributed by atoms with Crippen molar-refractivity contribution in [1.29, 1.82) is 0 Å². The first-order valence-electron chi connectivity index (χ1n) is 8.18. The Morgan fingerprint density at radius 3 is 2.00 bits per heavy atom. The van der Waals surface area contributed by atoms with Gasteiger partial charge in [0.25, 0.3) is 11.8 Å². The molecule has 26 heavy (non-hydrogen) atoms. The number of halogens is 1. The fourth-order valence-electron chi connectivity index (χ4n) is 2.93. The number of imide groups is 1. The summed E-state index contributed by atoms with van der Waals surface area (Å²) in [6, 6.07) is 12.0. The number of rotatable bonds is 6. The Labute approximate surface area is 155 Å². The zero-order valence-corrected chi connectivity index (χ0v) is 14.8. The highest BCUT2D eigenvalue weighted by molar-refractivity contribution is 6.30. The van der Waals surface area contributed by atoms with Gasteiger partial charge >= 0.3 is 0 Å². The van der Waals surface area contributed by atoms with Gasteiger partial charge in [0.05, 0.1) is 17.2 Å². The summed E-state index contributed by atoms with van der Waals surface area (Å²) in [6.07, 6.45) is -0.0377. The second kappa shape index (κ2) is 7.22. The summed E-state index contributed by atoms with van der Waals surface area (Å²) in [5, 5.41) is 0.525. The summed E-state index contributed by atoms with van der Waals surface area (Å²) in [5.41, 5.74) is 1.07. The monoisotopic (exact) mass is 369 g/mol. The number of amides is 2. The van der Waals surface area contributed by atoms with Crippen molar-refractivity contribution >= 4 is 35.0 Å². The molecule has 132 valence electrons. The van der Waals surface area contributed by atoms with Gasteiger partial charge in [0, 0.05) is 23.4 Å². The molecule has 5 nitrogen and oxygen atoms in total. The molecule has 0 aromatic heterocycles. The molecule has 1 aliphatic rings. The largest absolute Gasteiger partial charge is 0.297 e. The van der Waals surface area contributed by atoms with E-state index in [1.807, 2.05) is 0 Å². The molecule has 1 aliphatic heterocycles. The highest BCUT2D eigenvalue weighted by Gasteiger charge is 2.40. The Kier molecular flexibility index (Phi) is 5.00. The molecule has 3 rings (SSSR count). The number of carbonyl (C=O) groups excluding carboxylic acids is 4. The van der Waals surface area contributed by atoms with Crippen LogP contribution < -0.4 is 0 Å². The number of ketones is 2. The van der Waals surface area contributed by atoms with E-state index in [0.29, 0.717) is 21.7 Å². The van der Waals surface area contributed by atoms with Gasteiger partial charge in [0.1, 0.15) is 0 Å². The molecule has 0 fully saturated rings. The van der Waals surface area contributed by atoms with Gasteiger partial charge in [-0.05, 0) is 43.3 Å². The molecule has 2 aromatic carbocycles. The average Bonchev–Trinajstić information content (AvgIpc) is 2.90. The van der Waals surface area contributed by atoms with Gasteiger partial charge in [0.2, 0.25) is 0 Å². The van der Waals surface area contributed by atoms with Gasteiger partial charge in [-0.2, -0.15) is 0 Å². The highest BCUT2D eigenvalue weighted by atomic mass is 35.5. The molecule has 2 aromatic rings. The Morgan fingerprint density at radius 2 is 1.46 bits per heavy atom. The van der Waals surface area contributed by atoms with Crippen molar-refractivity contribution in [2.75, 3.05) is 0 Å². The maximum absolute atomic E-state index is 12.4. The number of carbonyl (C=O) groups is 4. The quantitative estimate of drug-likeness (QED) is 0.576. The predicted molar refractivity (Wildman–Crippen MR) is 96.4 cm³/mol. The SMILES string of the molecule is C[C@@H](C(=O)CCC(=O)c1ccc(Cl)cc1)N1C(=O)c2ccccc2C1=O. The van der Waals surface area contributed by atoms with E-state index >= 15 is 0 Å². The Hall–Kier alpha value is -2.79. The third kappa shape index (κ3) is 3.30. The molecule has 0 aliphatic carbocycles. The van der Waals surface area contributed by atoms with E-state index in [2.05, 4.69) is 0 Å². The predicted octanol–water partition coefficient (Wildman–Crippen LogP) is 3.56. The fraction of sp³-hybridized carbons (Fsp3) is 0.200. The van der Waals surface area contributed by atoms with Crippen LogP contribution in [0.3, 0.4) is 0 Å². The molecule has 0 saturated carbocycles. The molecule has 1 atom stereocenters. The van der Waals surface area contributed by atoms with Crippen LogP contribution in [-0.4, -0.2) is 34.3 Å². The van der Waals surface area contributed by atoms with E-state index in [9.17, 15) is 19.2 Å². The zero-order valence-electron chi connectivity index (χ0n) is 14.1. The van der Waals surface area contributed by atoms with E-state index in [0.717, 1.165) is 4.90 Å². The van der Waals surface area contributed by atoms with Gasteiger partial charge in [-0.1, -0.05) is 23.7 Å². The van der Waals surface area contributed by atoms with E-state index in [4.69, 9.17) is 11.6 Å². The van der Waals surface area contributed by atoms with Crippen molar-refractivity contribution in [2.24, 2.45) is 0 Å². The minimum absolute atomic E-state index is 0.00791. The topological polar surface area (TPSA) is 71.5 Å². The average molecular weight is 370 g/mol. The number of hydrogen-bond donors (Lipinski definition) is 0. The van der Waals surface area contributed by atoms with Crippen LogP contribution in [0.2, 0.25) is 5.02 Å². The van der Waals surface area contributed by atoms with Crippen LogP contribution in [-0.2, 0) is 4.79 Å². The van der Waals surface area contributed by atoms with Gasteiger partial charge < -0.3 is 0 Å². The molecule has 0 N–H and O–H groups in total. The van der Waals surface area contributed by atoms with Gasteiger partial charge in [-0.3, -0.25) is 24.1 Å². The first-order valence-corrected chi connectivity index (χ1v) is 8.56. The van der Waals surface area contributed by atoms with Crippen molar-refractivity contribution in [1.82, 2.24) is 4.90 Å². The Morgan fingerprint density at radius 1 is 0.923 bits per heavy atom. The minimum atomic E-state index is -0.916. The van der Waals surface area contributed by atoms with Crippen LogP contribution >= 0.6 is 11.6 Å². The molecule has 0 unspecified atom stereocenters. The smallest absolute Gasteiger partial charge is 0.262 e. The van der Waals surface area contributed by atoms with E-state index in [-0.39, 0.29) is 24.4 Å². The second-order valence-electron chi connectivity index (χ2n) is 6.10. The van der Waals surface area contributed by atoms with Crippen LogP contribution in [0, 0.1) is 0 Å². The summed E-state index contributed by atoms with van der Waals surface area (Å²) in [4.78, 5) is 50.4. The van der Waals surface area contributed by atoms with Crippen molar-refractivity contribution in [3.63, 3.8) is 0 Å². The molecule has 0 bridgehead atoms. The van der Waals surface area contributed by atoms with Crippen LogP contribution in [0.15, 0.2) is 48.5 Å². The molecule has 0 radical (unpaired) electrons. The summed E-state index contributed by atoms with van der Waals surface area (Å²) in [7, 11) is 0. The minimum Gasteiger partial charge on any atom is -0.297 e. The number of nitrogens with zero attached hydrogens (tertiary/aromatic N) is 1. The van der Waals surface area contributed by atoms with Crippen molar-refractivity contribution in [3.05, 3.63) is 70.2 Å². The summed E-state index contributed by atoms with van der Waals surface area (Å²) >= 11 is 5.79. The number of benzene rings is 2. The summed E-state index contributed by atoms with van der Waals surface area (Å²) in [6.45, 7) is 1.51. The van der Waals surface area contributed by atoms with E-state index < -0.39 is 17.9 Å². The lowest BCUT2D eigenvalue weighted by Gasteiger charge is -2.21. The lowest BCUT2D eigenvalue weighted by Crippen LogP contribution is -2.43. The molecule has 0 saturated heterocycles. The lowest BCUT2D eigenvalue weighted by molar-refractivity contribution is -0.122. The van der Waals surface area contributed by atoms with Crippen molar-refractivity contribution in [2.45, 2.75) is 25.8 Å². The third-order valence-corrected chi connectivity index (χ3v) is 4.70. The number of Topliss-reactive ketones (excluding diaryl/α,β-unsaturated/α-hetero) is 2. The normalized spacial score (nSPS) is 14.3. The van der Waals surface area contributed by atoms with E-state index in [1.54, 1.807) is 48.5 Å². The first-order chi connectivity index (χ1) is 12.4. The summed E-state index contributed by atoms with van der Waals surface area (Å²) < 4.78 is 0. The first kappa shape index (κ1) is 18.0.